The number of nitro benzene ring substituents is 1. The number of nitrogens with zero attached hydrogens (tertiary/aromatic N) is 1. The van der Waals surface area contributed by atoms with Crippen molar-refractivity contribution in [2.75, 3.05) is 11.9 Å². The molecule has 0 spiro atoms. The molecule has 1 aromatic carbocycles. The number of nitrogens with one attached hydrogen (secondary N) is 1. The summed E-state index contributed by atoms with van der Waals surface area (Å²) in [5.74, 6) is 0.584. The standard InChI is InChI=1S/C12H15ClN2O2/c1-12(2)6-8(12)7-14-10-5-3-4-9(13)11(10)15(16)17/h3-5,8,14H,6-7H2,1-2H3. The van der Waals surface area contributed by atoms with Crippen molar-refractivity contribution in [3.8, 4) is 0 Å². The Kier molecular flexibility index (Phi) is 3.00. The number of anilines is 1. The Morgan fingerprint density at radius 1 is 1.59 bits per heavy atom. The van der Waals surface area contributed by atoms with E-state index in [4.69, 9.17) is 11.6 Å². The molecule has 0 amide bonds. The summed E-state index contributed by atoms with van der Waals surface area (Å²) in [5.41, 5.74) is 0.832. The van der Waals surface area contributed by atoms with Crippen LogP contribution in [0.25, 0.3) is 0 Å². The van der Waals surface area contributed by atoms with Crippen molar-refractivity contribution < 1.29 is 4.92 Å². The van der Waals surface area contributed by atoms with Crippen LogP contribution >= 0.6 is 11.6 Å². The Labute approximate surface area is 105 Å². The van der Waals surface area contributed by atoms with E-state index < -0.39 is 4.92 Å². The van der Waals surface area contributed by atoms with Gasteiger partial charge >= 0.3 is 5.69 Å². The first-order chi connectivity index (χ1) is 7.92. The van der Waals surface area contributed by atoms with Crippen LogP contribution < -0.4 is 5.32 Å². The van der Waals surface area contributed by atoms with Gasteiger partial charge in [0.15, 0.2) is 0 Å². The molecule has 1 aliphatic carbocycles. The molecule has 0 aliphatic heterocycles. The zero-order chi connectivity index (χ0) is 12.6. The van der Waals surface area contributed by atoms with Gasteiger partial charge in [0, 0.05) is 6.54 Å². The molecule has 4 nitrogen and oxygen atoms in total. The molecular formula is C12H15ClN2O2. The fraction of sp³-hybridized carbons (Fsp3) is 0.500. The average Bonchev–Trinajstić information content (AvgIpc) is 2.83. The van der Waals surface area contributed by atoms with Gasteiger partial charge < -0.3 is 5.32 Å². The van der Waals surface area contributed by atoms with Crippen LogP contribution in [0.2, 0.25) is 5.02 Å². The first-order valence-corrected chi connectivity index (χ1v) is 5.96. The van der Waals surface area contributed by atoms with Crippen LogP contribution in [-0.2, 0) is 0 Å². The number of hydrogen-bond donors (Lipinski definition) is 1. The second kappa shape index (κ2) is 4.18. The number of hydrogen-bond acceptors (Lipinski definition) is 3. The fourth-order valence-electron chi connectivity index (χ4n) is 2.00. The van der Waals surface area contributed by atoms with Crippen molar-refractivity contribution in [3.05, 3.63) is 33.3 Å². The Bertz CT molecular complexity index is 460. The maximum Gasteiger partial charge on any atom is 0.310 e. The highest BCUT2D eigenvalue weighted by Crippen LogP contribution is 2.51. The van der Waals surface area contributed by atoms with E-state index in [1.165, 1.54) is 6.07 Å². The molecule has 92 valence electrons. The van der Waals surface area contributed by atoms with Crippen LogP contribution in [0.3, 0.4) is 0 Å². The molecule has 1 saturated carbocycles. The van der Waals surface area contributed by atoms with Crippen molar-refractivity contribution in [2.45, 2.75) is 20.3 Å². The normalized spacial score (nSPS) is 21.0. The van der Waals surface area contributed by atoms with Crippen LogP contribution in [0, 0.1) is 21.4 Å². The summed E-state index contributed by atoms with van der Waals surface area (Å²) in [4.78, 5) is 10.5. The molecule has 0 saturated heterocycles. The summed E-state index contributed by atoms with van der Waals surface area (Å²) >= 11 is 5.83. The summed E-state index contributed by atoms with van der Waals surface area (Å²) in [7, 11) is 0. The summed E-state index contributed by atoms with van der Waals surface area (Å²) in [6.07, 6.45) is 1.16. The SMILES string of the molecule is CC1(C)CC1CNc1cccc(Cl)c1[N+](=O)[O-]. The van der Waals surface area contributed by atoms with E-state index >= 15 is 0 Å². The average molecular weight is 255 g/mol. The van der Waals surface area contributed by atoms with Crippen LogP contribution in [0.15, 0.2) is 18.2 Å². The van der Waals surface area contributed by atoms with E-state index in [1.54, 1.807) is 12.1 Å². The van der Waals surface area contributed by atoms with Gasteiger partial charge in [-0.05, 0) is 29.9 Å². The predicted octanol–water partition coefficient (Wildman–Crippen LogP) is 3.71. The minimum absolute atomic E-state index is 0.0346. The second-order valence-electron chi connectivity index (χ2n) is 5.16. The molecular weight excluding hydrogens is 240 g/mol. The first kappa shape index (κ1) is 12.2. The van der Waals surface area contributed by atoms with Crippen molar-refractivity contribution in [2.24, 2.45) is 11.3 Å². The van der Waals surface area contributed by atoms with Crippen LogP contribution in [0.4, 0.5) is 11.4 Å². The Morgan fingerprint density at radius 2 is 2.24 bits per heavy atom. The first-order valence-electron chi connectivity index (χ1n) is 5.58. The molecule has 5 heteroatoms. The zero-order valence-electron chi connectivity index (χ0n) is 9.87. The minimum atomic E-state index is -0.442. The Morgan fingerprint density at radius 3 is 2.76 bits per heavy atom. The van der Waals surface area contributed by atoms with Gasteiger partial charge in [0.1, 0.15) is 10.7 Å². The molecule has 1 unspecified atom stereocenters. The fourth-order valence-corrected chi connectivity index (χ4v) is 2.24. The maximum absolute atomic E-state index is 10.9. The highest BCUT2D eigenvalue weighted by molar-refractivity contribution is 6.33. The van der Waals surface area contributed by atoms with Crippen LogP contribution in [0.5, 0.6) is 0 Å². The summed E-state index contributed by atoms with van der Waals surface area (Å²) in [5, 5.41) is 14.2. The molecule has 17 heavy (non-hydrogen) atoms. The third-order valence-corrected chi connectivity index (χ3v) is 3.73. The van der Waals surface area contributed by atoms with E-state index in [-0.39, 0.29) is 10.7 Å². The molecule has 0 bridgehead atoms. The van der Waals surface area contributed by atoms with E-state index in [0.29, 0.717) is 17.0 Å². The monoisotopic (exact) mass is 254 g/mol. The predicted molar refractivity (Wildman–Crippen MR) is 68.5 cm³/mol. The molecule has 0 radical (unpaired) electrons. The third-order valence-electron chi connectivity index (χ3n) is 3.43. The maximum atomic E-state index is 10.9. The highest BCUT2D eigenvalue weighted by Gasteiger charge is 2.45. The van der Waals surface area contributed by atoms with Crippen molar-refractivity contribution in [1.82, 2.24) is 0 Å². The van der Waals surface area contributed by atoms with E-state index in [9.17, 15) is 10.1 Å². The van der Waals surface area contributed by atoms with E-state index in [0.717, 1.165) is 13.0 Å². The van der Waals surface area contributed by atoms with Gasteiger partial charge in [0.05, 0.1) is 4.92 Å². The van der Waals surface area contributed by atoms with Gasteiger partial charge in [-0.25, -0.2) is 0 Å². The largest absolute Gasteiger partial charge is 0.379 e. The molecule has 0 aromatic heterocycles. The van der Waals surface area contributed by atoms with Gasteiger partial charge in [-0.3, -0.25) is 10.1 Å². The molecule has 1 aromatic rings. The number of halogens is 1. The lowest BCUT2D eigenvalue weighted by Gasteiger charge is -2.08. The van der Waals surface area contributed by atoms with Crippen molar-refractivity contribution in [3.63, 3.8) is 0 Å². The van der Waals surface area contributed by atoms with Crippen molar-refractivity contribution >= 4 is 23.0 Å². The minimum Gasteiger partial charge on any atom is -0.379 e. The topological polar surface area (TPSA) is 55.2 Å². The van der Waals surface area contributed by atoms with Gasteiger partial charge in [0.2, 0.25) is 0 Å². The number of nitro groups is 1. The Hall–Kier alpha value is -1.29. The molecule has 1 atom stereocenters. The molecule has 0 heterocycles. The summed E-state index contributed by atoms with van der Waals surface area (Å²) in [6, 6.07) is 4.95. The summed E-state index contributed by atoms with van der Waals surface area (Å²) < 4.78 is 0. The molecule has 2 rings (SSSR count). The number of rotatable bonds is 4. The van der Waals surface area contributed by atoms with E-state index in [1.807, 2.05) is 0 Å². The number of benzene rings is 1. The van der Waals surface area contributed by atoms with Crippen molar-refractivity contribution in [1.29, 1.82) is 0 Å². The molecule has 1 N–H and O–H groups in total. The van der Waals surface area contributed by atoms with Crippen LogP contribution in [0.1, 0.15) is 20.3 Å². The third kappa shape index (κ3) is 2.52. The lowest BCUT2D eigenvalue weighted by atomic mass is 10.1. The van der Waals surface area contributed by atoms with Crippen LogP contribution in [-0.4, -0.2) is 11.5 Å². The molecule has 1 fully saturated rings. The number of para-hydroxylation sites is 1. The smallest absolute Gasteiger partial charge is 0.310 e. The lowest BCUT2D eigenvalue weighted by molar-refractivity contribution is -0.383. The van der Waals surface area contributed by atoms with Gasteiger partial charge in [-0.15, -0.1) is 0 Å². The van der Waals surface area contributed by atoms with E-state index in [2.05, 4.69) is 19.2 Å². The zero-order valence-corrected chi connectivity index (χ0v) is 10.6. The molecule has 1 aliphatic rings. The highest BCUT2D eigenvalue weighted by atomic mass is 35.5. The van der Waals surface area contributed by atoms with Gasteiger partial charge in [-0.1, -0.05) is 31.5 Å². The summed E-state index contributed by atoms with van der Waals surface area (Å²) in [6.45, 7) is 5.16. The quantitative estimate of drug-likeness (QED) is 0.658. The van der Waals surface area contributed by atoms with Gasteiger partial charge in [-0.2, -0.15) is 0 Å². The lowest BCUT2D eigenvalue weighted by Crippen LogP contribution is -2.08. The van der Waals surface area contributed by atoms with Gasteiger partial charge in [0.25, 0.3) is 0 Å². The second-order valence-corrected chi connectivity index (χ2v) is 5.57. The Balaban J connectivity index is 2.10.